The molecule has 8 nitrogen and oxygen atoms in total. The molecule has 1 fully saturated rings. The Morgan fingerprint density at radius 3 is 2.75 bits per heavy atom. The van der Waals surface area contributed by atoms with Crippen LogP contribution in [0.4, 0.5) is 0 Å². The van der Waals surface area contributed by atoms with E-state index >= 15 is 0 Å². The molecule has 0 radical (unpaired) electrons. The fourth-order valence-corrected chi connectivity index (χ4v) is 3.48. The van der Waals surface area contributed by atoms with Gasteiger partial charge in [0.05, 0.1) is 12.4 Å². The molecule has 1 saturated heterocycles. The molecule has 8 heteroatoms. The Morgan fingerprint density at radius 1 is 1.19 bits per heavy atom. The molecule has 0 spiro atoms. The summed E-state index contributed by atoms with van der Waals surface area (Å²) in [4.78, 5) is 16.3. The normalized spacial score (nSPS) is 16.1. The number of amides is 1. The molecule has 1 aliphatic rings. The maximum absolute atomic E-state index is 12.1. The van der Waals surface area contributed by atoms with Gasteiger partial charge in [-0.1, -0.05) is 12.1 Å². The van der Waals surface area contributed by atoms with Crippen LogP contribution in [0, 0.1) is 13.8 Å². The number of carbonyl (C=O) groups excluding carboxylic acids is 1. The Morgan fingerprint density at radius 2 is 2.03 bits per heavy atom. The number of hydrogen-bond acceptors (Lipinski definition) is 5. The zero-order valence-electron chi connectivity index (χ0n) is 19.2. The summed E-state index contributed by atoms with van der Waals surface area (Å²) in [5.74, 6) is 1.75. The highest BCUT2D eigenvalue weighted by atomic mass is 16.5. The number of guanidine groups is 1. The third kappa shape index (κ3) is 7.02. The van der Waals surface area contributed by atoms with Crippen LogP contribution in [0.5, 0.6) is 5.75 Å². The molecule has 1 aromatic heterocycles. The van der Waals surface area contributed by atoms with Gasteiger partial charge in [-0.3, -0.25) is 9.79 Å². The van der Waals surface area contributed by atoms with E-state index in [2.05, 4.69) is 46.1 Å². The highest BCUT2D eigenvalue weighted by Crippen LogP contribution is 2.22. The van der Waals surface area contributed by atoms with Gasteiger partial charge in [0.25, 0.3) is 5.91 Å². The minimum Gasteiger partial charge on any atom is -0.491 e. The van der Waals surface area contributed by atoms with Gasteiger partial charge >= 0.3 is 0 Å². The van der Waals surface area contributed by atoms with E-state index in [1.54, 1.807) is 13.1 Å². The van der Waals surface area contributed by atoms with Crippen LogP contribution in [-0.2, 0) is 11.3 Å². The summed E-state index contributed by atoms with van der Waals surface area (Å²) in [6.45, 7) is 7.12. The van der Waals surface area contributed by atoms with Gasteiger partial charge in [-0.25, -0.2) is 0 Å². The Hall–Kier alpha value is -3.00. The summed E-state index contributed by atoms with van der Waals surface area (Å²) in [5, 5.41) is 9.46. The van der Waals surface area contributed by atoms with E-state index in [-0.39, 0.29) is 12.0 Å². The number of rotatable bonds is 10. The molecule has 1 unspecified atom stereocenters. The van der Waals surface area contributed by atoms with Crippen LogP contribution in [0.15, 0.2) is 39.9 Å². The van der Waals surface area contributed by atoms with Crippen LogP contribution in [0.1, 0.15) is 46.5 Å². The summed E-state index contributed by atoms with van der Waals surface area (Å²) >= 11 is 0. The van der Waals surface area contributed by atoms with Crippen LogP contribution >= 0.6 is 0 Å². The number of nitrogens with one attached hydrogen (secondary N) is 3. The van der Waals surface area contributed by atoms with Crippen molar-refractivity contribution in [3.8, 4) is 5.75 Å². The van der Waals surface area contributed by atoms with Gasteiger partial charge < -0.3 is 29.8 Å². The van der Waals surface area contributed by atoms with Crippen molar-refractivity contribution in [2.45, 2.75) is 45.8 Å². The third-order valence-electron chi connectivity index (χ3n) is 5.34. The van der Waals surface area contributed by atoms with Crippen LogP contribution in [0.25, 0.3) is 0 Å². The smallest absolute Gasteiger partial charge is 0.287 e. The number of aryl methyl sites for hydroxylation is 2. The van der Waals surface area contributed by atoms with Crippen LogP contribution in [-0.4, -0.2) is 51.3 Å². The predicted molar refractivity (Wildman–Crippen MR) is 124 cm³/mol. The zero-order chi connectivity index (χ0) is 22.8. The van der Waals surface area contributed by atoms with Crippen LogP contribution in [0.2, 0.25) is 0 Å². The molecular weight excluding hydrogens is 408 g/mol. The second-order valence-corrected chi connectivity index (χ2v) is 7.95. The van der Waals surface area contributed by atoms with Gasteiger partial charge in [-0.2, -0.15) is 0 Å². The van der Waals surface area contributed by atoms with Gasteiger partial charge in [0.2, 0.25) is 0 Å². The molecule has 3 N–H and O–H groups in total. The first-order chi connectivity index (χ1) is 15.6. The van der Waals surface area contributed by atoms with Gasteiger partial charge in [0.1, 0.15) is 12.4 Å². The average Bonchev–Trinajstić information content (AvgIpc) is 3.46. The molecule has 1 aromatic carbocycles. The first kappa shape index (κ1) is 23.7. The fraction of sp³-hybridized carbons (Fsp3) is 0.500. The van der Waals surface area contributed by atoms with Crippen molar-refractivity contribution in [2.24, 2.45) is 4.99 Å². The summed E-state index contributed by atoms with van der Waals surface area (Å²) in [7, 11) is 1.74. The van der Waals surface area contributed by atoms with E-state index in [1.807, 2.05) is 6.92 Å². The van der Waals surface area contributed by atoms with Gasteiger partial charge in [0.15, 0.2) is 11.7 Å². The number of nitrogens with zero attached hydrogens (tertiary/aromatic N) is 1. The first-order valence-corrected chi connectivity index (χ1v) is 11.2. The van der Waals surface area contributed by atoms with E-state index in [0.717, 1.165) is 48.3 Å². The largest absolute Gasteiger partial charge is 0.491 e. The summed E-state index contributed by atoms with van der Waals surface area (Å²) in [6, 6.07) is 7.99. The fourth-order valence-electron chi connectivity index (χ4n) is 3.48. The lowest BCUT2D eigenvalue weighted by atomic mass is 10.1. The first-order valence-electron chi connectivity index (χ1n) is 11.2. The number of aliphatic imine (C=N–C) groups is 1. The summed E-state index contributed by atoms with van der Waals surface area (Å²) in [6.07, 6.45) is 4.62. The lowest BCUT2D eigenvalue weighted by molar-refractivity contribution is 0.0676. The summed E-state index contributed by atoms with van der Waals surface area (Å²) in [5.41, 5.74) is 3.06. The van der Waals surface area contributed by atoms with Crippen molar-refractivity contribution in [3.05, 3.63) is 53.0 Å². The van der Waals surface area contributed by atoms with Crippen molar-refractivity contribution in [3.63, 3.8) is 0 Å². The van der Waals surface area contributed by atoms with Crippen molar-refractivity contribution < 1.29 is 18.7 Å². The number of hydrogen-bond donors (Lipinski definition) is 3. The Labute approximate surface area is 189 Å². The molecule has 2 aromatic rings. The maximum atomic E-state index is 12.1. The molecule has 1 atom stereocenters. The van der Waals surface area contributed by atoms with Crippen molar-refractivity contribution in [1.82, 2.24) is 16.0 Å². The van der Waals surface area contributed by atoms with Crippen molar-refractivity contribution >= 4 is 11.9 Å². The monoisotopic (exact) mass is 442 g/mol. The molecule has 32 heavy (non-hydrogen) atoms. The average molecular weight is 443 g/mol. The highest BCUT2D eigenvalue weighted by molar-refractivity contribution is 5.92. The van der Waals surface area contributed by atoms with E-state index in [1.165, 1.54) is 6.26 Å². The molecule has 0 bridgehead atoms. The predicted octanol–water partition coefficient (Wildman–Crippen LogP) is 2.94. The molecule has 1 amide bonds. The molecule has 0 saturated carbocycles. The Kier molecular flexibility index (Phi) is 8.98. The van der Waals surface area contributed by atoms with Crippen LogP contribution in [0.3, 0.4) is 0 Å². The standard InChI is InChI=1S/C24H34N4O4/c1-17-7-8-19(21(14-17)32-16-20-6-4-12-30-20)15-28-24(25-3)27-11-5-10-26-23(29)22-18(2)9-13-31-22/h7-9,13-14,20H,4-6,10-12,15-16H2,1-3H3,(H,26,29)(H2,25,27,28). The molecule has 174 valence electrons. The Bertz CT molecular complexity index is 903. The van der Waals surface area contributed by atoms with Gasteiger partial charge in [0, 0.05) is 44.4 Å². The van der Waals surface area contributed by atoms with E-state index < -0.39 is 0 Å². The third-order valence-corrected chi connectivity index (χ3v) is 5.34. The summed E-state index contributed by atoms with van der Waals surface area (Å²) < 4.78 is 16.9. The van der Waals surface area contributed by atoms with Gasteiger partial charge in [-0.15, -0.1) is 0 Å². The number of ether oxygens (including phenoxy) is 2. The molecular formula is C24H34N4O4. The SMILES string of the molecule is CN=C(NCCCNC(=O)c1occc1C)NCc1ccc(C)cc1OCC1CCCO1. The lowest BCUT2D eigenvalue weighted by Gasteiger charge is -2.17. The molecule has 3 rings (SSSR count). The molecule has 0 aliphatic carbocycles. The Balaban J connectivity index is 1.40. The molecule has 2 heterocycles. The van der Waals surface area contributed by atoms with E-state index in [0.29, 0.717) is 38.0 Å². The highest BCUT2D eigenvalue weighted by Gasteiger charge is 2.17. The lowest BCUT2D eigenvalue weighted by Crippen LogP contribution is -2.38. The van der Waals surface area contributed by atoms with E-state index in [9.17, 15) is 4.79 Å². The number of benzene rings is 1. The van der Waals surface area contributed by atoms with Gasteiger partial charge in [-0.05, 0) is 50.8 Å². The zero-order valence-corrected chi connectivity index (χ0v) is 19.2. The van der Waals surface area contributed by atoms with E-state index in [4.69, 9.17) is 13.9 Å². The van der Waals surface area contributed by atoms with Crippen LogP contribution < -0.4 is 20.7 Å². The number of carbonyl (C=O) groups is 1. The second kappa shape index (κ2) is 12.1. The topological polar surface area (TPSA) is 97.1 Å². The second-order valence-electron chi connectivity index (χ2n) is 7.95. The minimum atomic E-state index is -0.190. The minimum absolute atomic E-state index is 0.183. The maximum Gasteiger partial charge on any atom is 0.287 e. The van der Waals surface area contributed by atoms with Crippen molar-refractivity contribution in [1.29, 1.82) is 0 Å². The molecule has 1 aliphatic heterocycles. The van der Waals surface area contributed by atoms with Crippen molar-refractivity contribution in [2.75, 3.05) is 33.4 Å². The quantitative estimate of drug-likeness (QED) is 0.297. The number of furan rings is 1.